The van der Waals surface area contributed by atoms with Gasteiger partial charge in [0.05, 0.1) is 6.10 Å². The molecule has 0 aromatic heterocycles. The Labute approximate surface area is 104 Å². The molecule has 0 saturated carbocycles. The van der Waals surface area contributed by atoms with E-state index in [4.69, 9.17) is 9.84 Å². The van der Waals surface area contributed by atoms with E-state index in [1.165, 1.54) is 18.2 Å². The van der Waals surface area contributed by atoms with Crippen molar-refractivity contribution in [3.63, 3.8) is 0 Å². The van der Waals surface area contributed by atoms with Crippen molar-refractivity contribution in [3.05, 3.63) is 30.1 Å². The number of hydrogen-bond acceptors (Lipinski definition) is 3. The van der Waals surface area contributed by atoms with Crippen LogP contribution in [0.25, 0.3) is 0 Å². The van der Waals surface area contributed by atoms with Gasteiger partial charge < -0.3 is 14.9 Å². The molecule has 0 aliphatic heterocycles. The molecule has 1 aromatic carbocycles. The molecular formula is C9H10FNaO3. The van der Waals surface area contributed by atoms with E-state index in [1.807, 2.05) is 0 Å². The van der Waals surface area contributed by atoms with Gasteiger partial charge in [-0.25, -0.2) is 4.39 Å². The van der Waals surface area contributed by atoms with Crippen LogP contribution in [0.2, 0.25) is 0 Å². The van der Waals surface area contributed by atoms with Crippen LogP contribution in [-0.2, 0) is 0 Å². The summed E-state index contributed by atoms with van der Waals surface area (Å²) >= 11 is 0. The maximum absolute atomic E-state index is 12.9. The summed E-state index contributed by atoms with van der Waals surface area (Å²) in [4.78, 5) is 0. The number of benzene rings is 1. The molecule has 1 rings (SSSR count). The number of hydrogen-bond donors (Lipinski definition) is 1. The summed E-state index contributed by atoms with van der Waals surface area (Å²) in [6, 6.07) is 5.83. The molecule has 0 fully saturated rings. The number of aliphatic hydroxyl groups excluding tert-OH is 1. The van der Waals surface area contributed by atoms with Crippen molar-refractivity contribution in [2.24, 2.45) is 0 Å². The second-order valence-corrected chi connectivity index (χ2v) is 2.56. The van der Waals surface area contributed by atoms with Crippen molar-refractivity contribution >= 4 is 0 Å². The quantitative estimate of drug-likeness (QED) is 0.534. The van der Waals surface area contributed by atoms with Crippen LogP contribution in [0, 0.1) is 5.82 Å². The summed E-state index contributed by atoms with van der Waals surface area (Å²) in [7, 11) is 0. The average molecular weight is 208 g/mol. The molecule has 0 bridgehead atoms. The Morgan fingerprint density at radius 2 is 2.07 bits per heavy atom. The van der Waals surface area contributed by atoms with Gasteiger partial charge in [-0.2, -0.15) is 0 Å². The molecule has 1 unspecified atom stereocenters. The first-order valence-corrected chi connectivity index (χ1v) is 3.87. The van der Waals surface area contributed by atoms with Crippen LogP contribution in [0.15, 0.2) is 24.3 Å². The normalized spacial score (nSPS) is 11.6. The zero-order valence-corrected chi connectivity index (χ0v) is 9.94. The molecule has 14 heavy (non-hydrogen) atoms. The van der Waals surface area contributed by atoms with E-state index in [9.17, 15) is 9.50 Å². The fourth-order valence-electron chi connectivity index (χ4n) is 0.796. The molecule has 3 nitrogen and oxygen atoms in total. The zero-order valence-electron chi connectivity index (χ0n) is 7.94. The van der Waals surface area contributed by atoms with Crippen LogP contribution >= 0.6 is 0 Å². The summed E-state index contributed by atoms with van der Waals surface area (Å²) in [5.74, 6) is -0.449. The number of aliphatic hydroxyl groups is 1. The summed E-state index contributed by atoms with van der Waals surface area (Å²) in [5, 5.41) is 19.0. The van der Waals surface area contributed by atoms with E-state index in [0.29, 0.717) is 0 Å². The minimum atomic E-state index is -1.08. The van der Waals surface area contributed by atoms with Gasteiger partial charge in [-0.1, -0.05) is 12.1 Å². The first-order chi connectivity index (χ1) is 6.24. The van der Waals surface area contributed by atoms with Crippen LogP contribution in [0.3, 0.4) is 0 Å². The van der Waals surface area contributed by atoms with E-state index in [2.05, 4.69) is 0 Å². The molecule has 0 aliphatic rings. The molecule has 0 saturated heterocycles. The minimum Gasteiger partial charge on any atom is -0.853 e. The van der Waals surface area contributed by atoms with Gasteiger partial charge in [-0.15, -0.1) is 6.61 Å². The maximum atomic E-state index is 12.9. The maximum Gasteiger partial charge on any atom is 1.00 e. The van der Waals surface area contributed by atoms with Crippen molar-refractivity contribution in [2.75, 3.05) is 13.2 Å². The van der Waals surface area contributed by atoms with Gasteiger partial charge in [0.1, 0.15) is 6.61 Å². The van der Waals surface area contributed by atoms with E-state index < -0.39 is 18.5 Å². The smallest absolute Gasteiger partial charge is 0.853 e. The monoisotopic (exact) mass is 208 g/mol. The fourth-order valence-corrected chi connectivity index (χ4v) is 0.796. The summed E-state index contributed by atoms with van der Waals surface area (Å²) in [5.41, 5.74) is 0. The van der Waals surface area contributed by atoms with Crippen molar-refractivity contribution in [2.45, 2.75) is 6.10 Å². The Kier molecular flexibility index (Phi) is 7.13. The molecule has 1 atom stereocenters. The Balaban J connectivity index is 0.00000169. The third-order valence-electron chi connectivity index (χ3n) is 1.46. The van der Waals surface area contributed by atoms with E-state index in [0.717, 1.165) is 0 Å². The predicted octanol–water partition coefficient (Wildman–Crippen LogP) is -3.07. The number of rotatable bonds is 4. The third kappa shape index (κ3) is 4.39. The molecule has 0 heterocycles. The van der Waals surface area contributed by atoms with Crippen molar-refractivity contribution in [1.82, 2.24) is 0 Å². The molecule has 0 aliphatic carbocycles. The van der Waals surface area contributed by atoms with Crippen LogP contribution in [0.5, 0.6) is 5.75 Å². The predicted molar refractivity (Wildman–Crippen MR) is 42.8 cm³/mol. The largest absolute Gasteiger partial charge is 1.00 e. The fraction of sp³-hybridized carbons (Fsp3) is 0.333. The number of para-hydroxylation sites is 1. The number of ether oxygens (including phenoxy) is 1. The van der Waals surface area contributed by atoms with Crippen molar-refractivity contribution < 1.29 is 48.9 Å². The van der Waals surface area contributed by atoms with Gasteiger partial charge in [-0.3, -0.25) is 0 Å². The van der Waals surface area contributed by atoms with Crippen LogP contribution in [-0.4, -0.2) is 24.4 Å². The molecule has 0 radical (unpaired) electrons. The third-order valence-corrected chi connectivity index (χ3v) is 1.46. The van der Waals surface area contributed by atoms with E-state index >= 15 is 0 Å². The molecule has 0 amide bonds. The average Bonchev–Trinajstić information content (AvgIpc) is 2.16. The Morgan fingerprint density at radius 1 is 1.43 bits per heavy atom. The van der Waals surface area contributed by atoms with Crippen LogP contribution in [0.1, 0.15) is 0 Å². The van der Waals surface area contributed by atoms with Crippen LogP contribution < -0.4 is 39.4 Å². The SMILES string of the molecule is [Na+].[O-]CC(O)COc1ccccc1F. The Hall–Kier alpha value is -0.130. The molecule has 0 spiro atoms. The van der Waals surface area contributed by atoms with E-state index in [1.54, 1.807) is 6.07 Å². The van der Waals surface area contributed by atoms with Gasteiger partial charge >= 0.3 is 29.6 Å². The molecule has 72 valence electrons. The Bertz CT molecular complexity index is 270. The molecular weight excluding hydrogens is 198 g/mol. The van der Waals surface area contributed by atoms with Gasteiger partial charge in [0.25, 0.3) is 0 Å². The first kappa shape index (κ1) is 13.9. The second kappa shape index (κ2) is 7.20. The molecule has 1 aromatic rings. The van der Waals surface area contributed by atoms with Gasteiger partial charge in [-0.05, 0) is 12.1 Å². The van der Waals surface area contributed by atoms with Crippen molar-refractivity contribution in [1.29, 1.82) is 0 Å². The minimum absolute atomic E-state index is 0. The van der Waals surface area contributed by atoms with Gasteiger partial charge in [0.15, 0.2) is 11.6 Å². The van der Waals surface area contributed by atoms with Crippen LogP contribution in [0.4, 0.5) is 4.39 Å². The summed E-state index contributed by atoms with van der Waals surface area (Å²) in [6.45, 7) is -0.821. The molecule has 5 heteroatoms. The first-order valence-electron chi connectivity index (χ1n) is 3.87. The second-order valence-electron chi connectivity index (χ2n) is 2.56. The summed E-state index contributed by atoms with van der Waals surface area (Å²) < 4.78 is 17.7. The topological polar surface area (TPSA) is 52.5 Å². The number of halogens is 1. The van der Waals surface area contributed by atoms with Gasteiger partial charge in [0, 0.05) is 0 Å². The zero-order chi connectivity index (χ0) is 9.68. The Morgan fingerprint density at radius 3 is 2.64 bits per heavy atom. The van der Waals surface area contributed by atoms with Gasteiger partial charge in [0.2, 0.25) is 0 Å². The van der Waals surface area contributed by atoms with Crippen molar-refractivity contribution in [3.8, 4) is 5.75 Å². The standard InChI is InChI=1S/C9H10FO3.Na/c10-8-3-1-2-4-9(8)13-6-7(12)5-11;/h1-4,7,12H,5-6H2;/q-1;+1. The van der Waals surface area contributed by atoms with E-state index in [-0.39, 0.29) is 41.9 Å². The molecule has 1 N–H and O–H groups in total. The summed E-state index contributed by atoms with van der Waals surface area (Å²) in [6.07, 6.45) is -1.08.